The summed E-state index contributed by atoms with van der Waals surface area (Å²) >= 11 is 0. The standard InChI is InChI=1S/C25H42N5O4P/c1-2-3-4-5-6-7-8-9-10-11-12-13-14-15-16-18-34-35(31,32)22-33-19-17-30-21-29-23-24(26)27-20-28-25(23)30/h5-6,8-9,20-21H,2-4,7,10-19,22H2,1H3,(H,31,32)(H2,26,27,28). The minimum absolute atomic E-state index is 0.230. The van der Waals surface area contributed by atoms with Gasteiger partial charge in [-0.25, -0.2) is 15.0 Å². The Balaban J connectivity index is 1.43. The van der Waals surface area contributed by atoms with E-state index in [2.05, 4.69) is 46.2 Å². The van der Waals surface area contributed by atoms with Crippen LogP contribution in [0.3, 0.4) is 0 Å². The third-order valence-electron chi connectivity index (χ3n) is 5.55. The number of hydrogen-bond acceptors (Lipinski definition) is 7. The Hall–Kier alpha value is -2.06. The second-order valence-corrected chi connectivity index (χ2v) is 10.4. The first-order valence-corrected chi connectivity index (χ1v) is 14.5. The van der Waals surface area contributed by atoms with Crippen LogP contribution in [0.2, 0.25) is 0 Å². The fourth-order valence-electron chi connectivity index (χ4n) is 3.55. The maximum atomic E-state index is 12.1. The zero-order chi connectivity index (χ0) is 25.2. The molecule has 0 saturated carbocycles. The average molecular weight is 508 g/mol. The number of fused-ring (bicyclic) bond motifs is 1. The van der Waals surface area contributed by atoms with E-state index >= 15 is 0 Å². The van der Waals surface area contributed by atoms with Crippen molar-refractivity contribution in [1.29, 1.82) is 0 Å². The Bertz CT molecular complexity index is 947. The van der Waals surface area contributed by atoms with Crippen LogP contribution >= 0.6 is 7.60 Å². The Morgan fingerprint density at radius 3 is 2.46 bits per heavy atom. The lowest BCUT2D eigenvalue weighted by molar-refractivity contribution is 0.137. The molecular formula is C25H42N5O4P. The van der Waals surface area contributed by atoms with Gasteiger partial charge in [0.2, 0.25) is 0 Å². The molecular weight excluding hydrogens is 465 g/mol. The lowest BCUT2D eigenvalue weighted by atomic mass is 10.1. The van der Waals surface area contributed by atoms with Gasteiger partial charge in [-0.05, 0) is 32.1 Å². The van der Waals surface area contributed by atoms with Crippen LogP contribution in [-0.2, 0) is 20.4 Å². The molecule has 0 fully saturated rings. The number of hydrogen-bond donors (Lipinski definition) is 2. The van der Waals surface area contributed by atoms with Crippen molar-refractivity contribution in [1.82, 2.24) is 19.5 Å². The van der Waals surface area contributed by atoms with E-state index in [1.807, 2.05) is 0 Å². The van der Waals surface area contributed by atoms with Crippen molar-refractivity contribution in [2.45, 2.75) is 84.1 Å². The third-order valence-corrected chi connectivity index (χ3v) is 6.64. The molecule has 0 amide bonds. The molecule has 2 aromatic heterocycles. The van der Waals surface area contributed by atoms with E-state index in [0.29, 0.717) is 23.5 Å². The number of allylic oxidation sites excluding steroid dienone is 4. The number of anilines is 1. The number of nitrogen functional groups attached to an aromatic ring is 1. The monoisotopic (exact) mass is 507 g/mol. The van der Waals surface area contributed by atoms with Crippen molar-refractivity contribution < 1.29 is 18.7 Å². The smallest absolute Gasteiger partial charge is 0.353 e. The molecule has 3 N–H and O–H groups in total. The number of imidazole rings is 1. The van der Waals surface area contributed by atoms with Gasteiger partial charge in [-0.15, -0.1) is 0 Å². The lowest BCUT2D eigenvalue weighted by Gasteiger charge is -2.13. The van der Waals surface area contributed by atoms with E-state index in [0.717, 1.165) is 32.1 Å². The average Bonchev–Trinajstić information content (AvgIpc) is 3.26. The summed E-state index contributed by atoms with van der Waals surface area (Å²) in [6.45, 7) is 3.15. The van der Waals surface area contributed by atoms with Gasteiger partial charge in [0.25, 0.3) is 0 Å². The normalized spacial score (nSPS) is 13.9. The van der Waals surface area contributed by atoms with Gasteiger partial charge in [0.1, 0.15) is 18.2 Å². The molecule has 0 aromatic carbocycles. The number of aromatic nitrogens is 4. The zero-order valence-corrected chi connectivity index (χ0v) is 22.0. The minimum atomic E-state index is -3.75. The highest BCUT2D eigenvalue weighted by Crippen LogP contribution is 2.41. The maximum absolute atomic E-state index is 12.1. The second kappa shape index (κ2) is 17.4. The molecule has 196 valence electrons. The number of nitrogens with zero attached hydrogens (tertiary/aromatic N) is 4. The summed E-state index contributed by atoms with van der Waals surface area (Å²) in [7, 11) is -3.75. The summed E-state index contributed by atoms with van der Waals surface area (Å²) in [5, 5.41) is 0. The van der Waals surface area contributed by atoms with Gasteiger partial charge in [-0.2, -0.15) is 0 Å². The Labute approximate surface area is 209 Å². The van der Waals surface area contributed by atoms with Crippen LogP contribution in [0.5, 0.6) is 0 Å². The molecule has 0 spiro atoms. The lowest BCUT2D eigenvalue weighted by Crippen LogP contribution is -2.08. The molecule has 10 heteroatoms. The highest BCUT2D eigenvalue weighted by Gasteiger charge is 2.19. The summed E-state index contributed by atoms with van der Waals surface area (Å²) in [6, 6.07) is 0. The van der Waals surface area contributed by atoms with Crippen molar-refractivity contribution in [2.24, 2.45) is 0 Å². The quantitative estimate of drug-likeness (QED) is 0.127. The molecule has 0 aliphatic rings. The minimum Gasteiger partial charge on any atom is -0.382 e. The van der Waals surface area contributed by atoms with Gasteiger partial charge in [-0.1, -0.05) is 69.8 Å². The van der Waals surface area contributed by atoms with Crippen molar-refractivity contribution in [3.8, 4) is 0 Å². The van der Waals surface area contributed by atoms with E-state index in [-0.39, 0.29) is 19.6 Å². The molecule has 9 nitrogen and oxygen atoms in total. The Morgan fingerprint density at radius 1 is 0.971 bits per heavy atom. The Morgan fingerprint density at radius 2 is 1.69 bits per heavy atom. The van der Waals surface area contributed by atoms with Gasteiger partial charge >= 0.3 is 7.60 Å². The molecule has 1 unspecified atom stereocenters. The molecule has 2 aromatic rings. The number of unbranched alkanes of at least 4 members (excludes halogenated alkanes) is 8. The molecule has 0 bridgehead atoms. The molecule has 35 heavy (non-hydrogen) atoms. The van der Waals surface area contributed by atoms with Crippen LogP contribution < -0.4 is 5.73 Å². The predicted molar refractivity (Wildman–Crippen MR) is 141 cm³/mol. The maximum Gasteiger partial charge on any atom is 0.353 e. The second-order valence-electron chi connectivity index (χ2n) is 8.61. The van der Waals surface area contributed by atoms with Gasteiger partial charge < -0.3 is 24.5 Å². The highest BCUT2D eigenvalue weighted by atomic mass is 31.2. The van der Waals surface area contributed by atoms with Crippen LogP contribution in [0.4, 0.5) is 5.82 Å². The molecule has 0 aliphatic carbocycles. The molecule has 0 aliphatic heterocycles. The third kappa shape index (κ3) is 12.5. The van der Waals surface area contributed by atoms with E-state index in [4.69, 9.17) is 15.0 Å². The fraction of sp³-hybridized carbons (Fsp3) is 0.640. The summed E-state index contributed by atoms with van der Waals surface area (Å²) in [4.78, 5) is 22.2. The highest BCUT2D eigenvalue weighted by molar-refractivity contribution is 7.52. The van der Waals surface area contributed by atoms with Crippen LogP contribution in [0.25, 0.3) is 11.2 Å². The van der Waals surface area contributed by atoms with Crippen molar-refractivity contribution in [2.75, 3.05) is 25.3 Å². The summed E-state index contributed by atoms with van der Waals surface area (Å²) < 4.78 is 24.4. The van der Waals surface area contributed by atoms with E-state index in [1.165, 1.54) is 44.9 Å². The van der Waals surface area contributed by atoms with Crippen LogP contribution in [-0.4, -0.2) is 44.0 Å². The van der Waals surface area contributed by atoms with E-state index in [1.54, 1.807) is 10.9 Å². The SMILES string of the molecule is CCCCC=CCC=CCCCCCCCCOP(=O)(O)COCCn1cnc2c(N)ncnc21. The molecule has 0 saturated heterocycles. The van der Waals surface area contributed by atoms with Gasteiger partial charge in [0.05, 0.1) is 19.5 Å². The van der Waals surface area contributed by atoms with Crippen molar-refractivity contribution >= 4 is 24.6 Å². The molecule has 2 rings (SSSR count). The van der Waals surface area contributed by atoms with Crippen LogP contribution in [0.1, 0.15) is 77.6 Å². The number of nitrogens with two attached hydrogens (primary N) is 1. The molecule has 0 radical (unpaired) electrons. The Kier molecular flexibility index (Phi) is 14.5. The van der Waals surface area contributed by atoms with E-state index < -0.39 is 7.60 Å². The first-order chi connectivity index (χ1) is 17.0. The topological polar surface area (TPSA) is 125 Å². The first-order valence-electron chi connectivity index (χ1n) is 12.8. The predicted octanol–water partition coefficient (Wildman–Crippen LogP) is 6.01. The van der Waals surface area contributed by atoms with Crippen LogP contribution in [0.15, 0.2) is 37.0 Å². The largest absolute Gasteiger partial charge is 0.382 e. The zero-order valence-electron chi connectivity index (χ0n) is 21.1. The van der Waals surface area contributed by atoms with Gasteiger partial charge in [0.15, 0.2) is 11.5 Å². The number of rotatable bonds is 20. The first kappa shape index (κ1) is 29.2. The molecule has 2 heterocycles. The van der Waals surface area contributed by atoms with Gasteiger partial charge in [0, 0.05) is 6.54 Å². The van der Waals surface area contributed by atoms with Gasteiger partial charge in [-0.3, -0.25) is 4.57 Å². The van der Waals surface area contributed by atoms with E-state index in [9.17, 15) is 9.46 Å². The van der Waals surface area contributed by atoms with Crippen molar-refractivity contribution in [3.63, 3.8) is 0 Å². The van der Waals surface area contributed by atoms with Crippen molar-refractivity contribution in [3.05, 3.63) is 37.0 Å². The summed E-state index contributed by atoms with van der Waals surface area (Å²) in [5.74, 6) is 0.316. The number of ether oxygens (including phenoxy) is 1. The summed E-state index contributed by atoms with van der Waals surface area (Å²) in [6.07, 6.45) is 24.1. The van der Waals surface area contributed by atoms with Crippen LogP contribution in [0, 0.1) is 0 Å². The summed E-state index contributed by atoms with van der Waals surface area (Å²) in [5.41, 5.74) is 6.90. The molecule has 1 atom stereocenters. The fourth-order valence-corrected chi connectivity index (χ4v) is 4.40.